The van der Waals surface area contributed by atoms with Crippen LogP contribution in [-0.4, -0.2) is 10.9 Å². The summed E-state index contributed by atoms with van der Waals surface area (Å²) >= 11 is 7.81. The van der Waals surface area contributed by atoms with Crippen LogP contribution in [0.1, 0.15) is 28.2 Å². The van der Waals surface area contributed by atoms with Gasteiger partial charge in [0.2, 0.25) is 5.91 Å². The number of halogens is 1. The van der Waals surface area contributed by atoms with Crippen LogP contribution in [0.2, 0.25) is 5.02 Å². The topological polar surface area (TPSA) is 33.2 Å². The summed E-state index contributed by atoms with van der Waals surface area (Å²) in [5.41, 5.74) is 4.84. The first-order chi connectivity index (χ1) is 16.6. The number of nitrogens with zero attached hydrogens (tertiary/aromatic N) is 2. The second-order valence-electron chi connectivity index (χ2n) is 8.23. The van der Waals surface area contributed by atoms with Crippen molar-refractivity contribution in [3.8, 4) is 0 Å². The molecule has 168 valence electrons. The van der Waals surface area contributed by atoms with E-state index in [4.69, 9.17) is 16.6 Å². The number of aryl methyl sites for hydroxylation is 1. The molecule has 0 aliphatic rings. The van der Waals surface area contributed by atoms with Crippen LogP contribution in [0.15, 0.2) is 103 Å². The van der Waals surface area contributed by atoms with E-state index < -0.39 is 5.92 Å². The van der Waals surface area contributed by atoms with Crippen LogP contribution in [0, 0.1) is 6.92 Å². The van der Waals surface area contributed by atoms with Crippen molar-refractivity contribution in [1.29, 1.82) is 0 Å². The molecule has 0 saturated heterocycles. The van der Waals surface area contributed by atoms with Crippen molar-refractivity contribution in [3.05, 3.63) is 130 Å². The van der Waals surface area contributed by atoms with Gasteiger partial charge < -0.3 is 0 Å². The van der Waals surface area contributed by atoms with Crippen molar-refractivity contribution in [2.45, 2.75) is 19.4 Å². The lowest BCUT2D eigenvalue weighted by Gasteiger charge is -2.26. The standard InChI is InChI=1S/C29H23ClN2OS/c1-20-17-24(30)18-25-27(20)31-29(34-25)32(19-21-11-5-2-6-12-21)28(33)26(22-13-7-3-8-14-22)23-15-9-4-10-16-23/h2-18,26H,19H2,1H3. The molecule has 3 nitrogen and oxygen atoms in total. The number of fused-ring (bicyclic) bond motifs is 1. The van der Waals surface area contributed by atoms with Gasteiger partial charge in [-0.05, 0) is 41.3 Å². The van der Waals surface area contributed by atoms with Crippen LogP contribution in [0.5, 0.6) is 0 Å². The number of amides is 1. The predicted molar refractivity (Wildman–Crippen MR) is 142 cm³/mol. The maximum absolute atomic E-state index is 14.3. The molecular weight excluding hydrogens is 460 g/mol. The Balaban J connectivity index is 1.64. The lowest BCUT2D eigenvalue weighted by atomic mass is 9.90. The van der Waals surface area contributed by atoms with Crippen LogP contribution in [0.3, 0.4) is 0 Å². The molecule has 5 rings (SSSR count). The zero-order valence-electron chi connectivity index (χ0n) is 18.7. The summed E-state index contributed by atoms with van der Waals surface area (Å²) in [7, 11) is 0. The van der Waals surface area contributed by atoms with Gasteiger partial charge in [0.05, 0.1) is 22.7 Å². The molecule has 0 aliphatic heterocycles. The second-order valence-corrected chi connectivity index (χ2v) is 9.68. The number of anilines is 1. The lowest BCUT2D eigenvalue weighted by Crippen LogP contribution is -2.35. The average molecular weight is 483 g/mol. The first-order valence-corrected chi connectivity index (χ1v) is 12.3. The molecule has 1 aromatic heterocycles. The first kappa shape index (κ1) is 22.3. The monoisotopic (exact) mass is 482 g/mol. The molecule has 0 aliphatic carbocycles. The predicted octanol–water partition coefficient (Wildman–Crippen LogP) is 7.62. The van der Waals surface area contributed by atoms with Gasteiger partial charge in [-0.25, -0.2) is 4.98 Å². The number of benzene rings is 4. The largest absolute Gasteiger partial charge is 0.283 e. The third kappa shape index (κ3) is 4.60. The molecule has 4 aromatic carbocycles. The minimum atomic E-state index is -0.442. The van der Waals surface area contributed by atoms with Crippen LogP contribution < -0.4 is 4.90 Å². The summed E-state index contributed by atoms with van der Waals surface area (Å²) in [6, 6.07) is 33.8. The number of carbonyl (C=O) groups is 1. The number of aromatic nitrogens is 1. The third-order valence-electron chi connectivity index (χ3n) is 5.83. The van der Waals surface area contributed by atoms with Crippen molar-refractivity contribution in [2.75, 3.05) is 4.90 Å². The normalized spacial score (nSPS) is 11.1. The van der Waals surface area contributed by atoms with E-state index >= 15 is 0 Å². The maximum atomic E-state index is 14.3. The average Bonchev–Trinajstić information content (AvgIpc) is 3.29. The summed E-state index contributed by atoms with van der Waals surface area (Å²) in [6.45, 7) is 2.43. The van der Waals surface area contributed by atoms with Crippen molar-refractivity contribution in [2.24, 2.45) is 0 Å². The summed E-state index contributed by atoms with van der Waals surface area (Å²) in [4.78, 5) is 21.1. The highest BCUT2D eigenvalue weighted by Gasteiger charge is 2.30. The Labute approximate surface area is 208 Å². The van der Waals surface area contributed by atoms with Crippen LogP contribution in [0.4, 0.5) is 5.13 Å². The number of rotatable bonds is 6. The highest BCUT2D eigenvalue weighted by Crippen LogP contribution is 2.36. The molecule has 0 atom stereocenters. The molecule has 0 radical (unpaired) electrons. The van der Waals surface area contributed by atoms with Gasteiger partial charge in [-0.1, -0.05) is 114 Å². The van der Waals surface area contributed by atoms with Gasteiger partial charge in [0, 0.05) is 5.02 Å². The summed E-state index contributed by atoms with van der Waals surface area (Å²) in [6.07, 6.45) is 0. The molecule has 0 fully saturated rings. The molecule has 0 N–H and O–H groups in total. The highest BCUT2D eigenvalue weighted by atomic mass is 35.5. The molecule has 5 aromatic rings. The van der Waals surface area contributed by atoms with Gasteiger partial charge in [0.15, 0.2) is 5.13 Å². The lowest BCUT2D eigenvalue weighted by molar-refractivity contribution is -0.119. The molecule has 34 heavy (non-hydrogen) atoms. The Bertz CT molecular complexity index is 1380. The highest BCUT2D eigenvalue weighted by molar-refractivity contribution is 7.22. The first-order valence-electron chi connectivity index (χ1n) is 11.1. The minimum Gasteiger partial charge on any atom is -0.283 e. The molecule has 1 heterocycles. The number of hydrogen-bond donors (Lipinski definition) is 0. The van der Waals surface area contributed by atoms with E-state index in [9.17, 15) is 4.79 Å². The maximum Gasteiger partial charge on any atom is 0.241 e. The molecule has 5 heteroatoms. The van der Waals surface area contributed by atoms with Crippen LogP contribution in [-0.2, 0) is 11.3 Å². The van der Waals surface area contributed by atoms with Gasteiger partial charge in [-0.15, -0.1) is 0 Å². The third-order valence-corrected chi connectivity index (χ3v) is 7.08. The van der Waals surface area contributed by atoms with Crippen molar-refractivity contribution in [3.63, 3.8) is 0 Å². The Hall–Kier alpha value is -3.47. The fraction of sp³-hybridized carbons (Fsp3) is 0.103. The van der Waals surface area contributed by atoms with Gasteiger partial charge in [-0.3, -0.25) is 9.69 Å². The fourth-order valence-electron chi connectivity index (χ4n) is 4.19. The smallest absolute Gasteiger partial charge is 0.241 e. The summed E-state index contributed by atoms with van der Waals surface area (Å²) in [5.74, 6) is -0.452. The quantitative estimate of drug-likeness (QED) is 0.249. The van der Waals surface area contributed by atoms with Gasteiger partial charge in [0.25, 0.3) is 0 Å². The SMILES string of the molecule is Cc1cc(Cl)cc2sc(N(Cc3ccccc3)C(=O)C(c3ccccc3)c3ccccc3)nc12. The molecule has 0 saturated carbocycles. The van der Waals surface area contributed by atoms with E-state index in [1.54, 1.807) is 0 Å². The molecule has 0 unspecified atom stereocenters. The minimum absolute atomic E-state index is 0.0101. The van der Waals surface area contributed by atoms with Gasteiger partial charge in [0.1, 0.15) is 0 Å². The van der Waals surface area contributed by atoms with E-state index in [1.165, 1.54) is 11.3 Å². The van der Waals surface area contributed by atoms with Gasteiger partial charge in [-0.2, -0.15) is 0 Å². The Morgan fingerprint density at radius 3 is 2.03 bits per heavy atom. The molecule has 0 bridgehead atoms. The Kier molecular flexibility index (Phi) is 6.43. The number of carbonyl (C=O) groups excluding carboxylic acids is 1. The van der Waals surface area contributed by atoms with Crippen molar-refractivity contribution >= 4 is 44.2 Å². The second kappa shape index (κ2) is 9.80. The molecule has 1 amide bonds. The molecule has 0 spiro atoms. The Morgan fingerprint density at radius 2 is 1.44 bits per heavy atom. The number of hydrogen-bond acceptors (Lipinski definition) is 3. The van der Waals surface area contributed by atoms with Crippen LogP contribution >= 0.6 is 22.9 Å². The summed E-state index contributed by atoms with van der Waals surface area (Å²) < 4.78 is 0.974. The van der Waals surface area contributed by atoms with Crippen molar-refractivity contribution < 1.29 is 4.79 Å². The van der Waals surface area contributed by atoms with Crippen LogP contribution in [0.25, 0.3) is 10.2 Å². The zero-order chi connectivity index (χ0) is 23.5. The summed E-state index contributed by atoms with van der Waals surface area (Å²) in [5, 5.41) is 1.35. The van der Waals surface area contributed by atoms with E-state index in [1.807, 2.05) is 115 Å². The van der Waals surface area contributed by atoms with Crippen molar-refractivity contribution in [1.82, 2.24) is 4.98 Å². The number of thiazole rings is 1. The molecular formula is C29H23ClN2OS. The van der Waals surface area contributed by atoms with Gasteiger partial charge >= 0.3 is 0 Å². The van der Waals surface area contributed by atoms with E-state index in [0.717, 1.165) is 32.5 Å². The Morgan fingerprint density at radius 1 is 0.882 bits per heavy atom. The van der Waals surface area contributed by atoms with E-state index in [2.05, 4.69) is 0 Å². The van der Waals surface area contributed by atoms with E-state index in [0.29, 0.717) is 16.7 Å². The van der Waals surface area contributed by atoms with E-state index in [-0.39, 0.29) is 5.91 Å². The fourth-order valence-corrected chi connectivity index (χ4v) is 5.61. The zero-order valence-corrected chi connectivity index (χ0v) is 20.3.